The molecule has 0 aliphatic heterocycles. The Hall–Kier alpha value is -2.12. The molecule has 0 unspecified atom stereocenters. The second kappa shape index (κ2) is 12.6. The molecule has 6 heteroatoms. The molecule has 0 N–H and O–H groups in total. The van der Waals surface area contributed by atoms with E-state index in [0.29, 0.717) is 11.7 Å². The van der Waals surface area contributed by atoms with E-state index < -0.39 is 0 Å². The van der Waals surface area contributed by atoms with Gasteiger partial charge in [-0.05, 0) is 99.6 Å². The van der Waals surface area contributed by atoms with E-state index in [4.69, 9.17) is 0 Å². The summed E-state index contributed by atoms with van der Waals surface area (Å²) in [5.41, 5.74) is 6.85. The monoisotopic (exact) mass is 564 g/mol. The molecule has 192 valence electrons. The third-order valence-electron chi connectivity index (χ3n) is 5.88. The van der Waals surface area contributed by atoms with Crippen LogP contribution in [0.3, 0.4) is 0 Å². The van der Waals surface area contributed by atoms with E-state index in [1.54, 1.807) is 6.92 Å². The number of thioether (sulfide) groups is 2. The molecular formula is C31H32O2S4. The van der Waals surface area contributed by atoms with Crippen molar-refractivity contribution in [1.29, 1.82) is 0 Å². The summed E-state index contributed by atoms with van der Waals surface area (Å²) in [4.78, 5) is 28.3. The van der Waals surface area contributed by atoms with Gasteiger partial charge in [-0.3, -0.25) is 9.59 Å². The average Bonchev–Trinajstić information content (AvgIpc) is 3.58. The molecular weight excluding hydrogens is 533 g/mol. The summed E-state index contributed by atoms with van der Waals surface area (Å²) in [6, 6.07) is 17.4. The van der Waals surface area contributed by atoms with Gasteiger partial charge < -0.3 is 0 Å². The van der Waals surface area contributed by atoms with Crippen molar-refractivity contribution < 1.29 is 9.59 Å². The lowest BCUT2D eigenvalue weighted by atomic mass is 9.97. The molecule has 4 rings (SSSR count). The number of rotatable bonds is 11. The number of hydrogen-bond donors (Lipinski definition) is 0. The van der Waals surface area contributed by atoms with Crippen LogP contribution in [-0.2, 0) is 0 Å². The minimum absolute atomic E-state index is 0.103. The van der Waals surface area contributed by atoms with Gasteiger partial charge in [-0.2, -0.15) is 0 Å². The second-order valence-corrected chi connectivity index (χ2v) is 13.7. The third-order valence-corrected chi connectivity index (χ3v) is 10.2. The van der Waals surface area contributed by atoms with Gasteiger partial charge in [-0.25, -0.2) is 0 Å². The van der Waals surface area contributed by atoms with Crippen LogP contribution in [0.1, 0.15) is 66.8 Å². The van der Waals surface area contributed by atoms with Crippen molar-refractivity contribution in [1.82, 2.24) is 0 Å². The number of ketones is 2. The summed E-state index contributed by atoms with van der Waals surface area (Å²) in [6.07, 6.45) is 1.63. The molecule has 37 heavy (non-hydrogen) atoms. The lowest BCUT2D eigenvalue weighted by Gasteiger charge is -2.17. The maximum Gasteiger partial charge on any atom is 0.172 e. The Morgan fingerprint density at radius 3 is 1.89 bits per heavy atom. The standard InChI is InChI=1S/C31H32O2S4/c1-6-12-34-28-10-8-21(23-15-30(20(5)32)35-17-23)13-25(28)26-14-22(9-11-29(26)37-19(3)4)24-16-31(36-18-24)27(33)7-2/h8-11,13-19H,6-7,12H2,1-5H3. The molecule has 0 radical (unpaired) electrons. The Bertz CT molecular complexity index is 1410. The fraction of sp³-hybridized carbons (Fsp3) is 0.290. The van der Waals surface area contributed by atoms with Crippen LogP contribution < -0.4 is 0 Å². The second-order valence-electron chi connectivity index (χ2n) is 9.17. The molecule has 0 saturated heterocycles. The molecule has 4 aromatic rings. The van der Waals surface area contributed by atoms with Gasteiger partial charge in [0.1, 0.15) is 0 Å². The Morgan fingerprint density at radius 1 is 0.784 bits per heavy atom. The molecule has 0 fully saturated rings. The van der Waals surface area contributed by atoms with Crippen LogP contribution >= 0.6 is 46.2 Å². The highest BCUT2D eigenvalue weighted by Crippen LogP contribution is 2.43. The zero-order valence-corrected chi connectivity index (χ0v) is 25.2. The van der Waals surface area contributed by atoms with Crippen molar-refractivity contribution in [3.05, 3.63) is 69.0 Å². The summed E-state index contributed by atoms with van der Waals surface area (Å²) in [5.74, 6) is 1.35. The van der Waals surface area contributed by atoms with E-state index in [9.17, 15) is 9.59 Å². The predicted molar refractivity (Wildman–Crippen MR) is 165 cm³/mol. The lowest BCUT2D eigenvalue weighted by molar-refractivity contribution is 0.0989. The molecule has 2 heterocycles. The van der Waals surface area contributed by atoms with Crippen molar-refractivity contribution in [2.24, 2.45) is 0 Å². The SMILES string of the molecule is CCCSc1ccc(-c2csc(C(C)=O)c2)cc1-c1cc(-c2csc(C(=O)CC)c2)ccc1SC(C)C. The van der Waals surface area contributed by atoms with Gasteiger partial charge in [0.2, 0.25) is 0 Å². The highest BCUT2D eigenvalue weighted by molar-refractivity contribution is 8.00. The van der Waals surface area contributed by atoms with Crippen molar-refractivity contribution in [2.45, 2.75) is 62.5 Å². The van der Waals surface area contributed by atoms with E-state index in [1.165, 1.54) is 43.6 Å². The number of thiophene rings is 2. The number of benzene rings is 2. The molecule has 0 bridgehead atoms. The molecule has 0 aliphatic rings. The van der Waals surface area contributed by atoms with E-state index in [2.05, 4.69) is 67.9 Å². The maximum atomic E-state index is 12.3. The van der Waals surface area contributed by atoms with Gasteiger partial charge in [-0.1, -0.05) is 39.8 Å². The van der Waals surface area contributed by atoms with Gasteiger partial charge >= 0.3 is 0 Å². The minimum atomic E-state index is 0.103. The van der Waals surface area contributed by atoms with Crippen LogP contribution in [0.25, 0.3) is 33.4 Å². The quantitative estimate of drug-likeness (QED) is 0.134. The van der Waals surface area contributed by atoms with Gasteiger partial charge in [0, 0.05) is 21.5 Å². The summed E-state index contributed by atoms with van der Waals surface area (Å²) in [6.45, 7) is 10.2. The minimum Gasteiger partial charge on any atom is -0.294 e. The zero-order valence-electron chi connectivity index (χ0n) is 21.9. The lowest BCUT2D eigenvalue weighted by Crippen LogP contribution is -1.93. The predicted octanol–water partition coefficient (Wildman–Crippen LogP) is 10.6. The van der Waals surface area contributed by atoms with Crippen LogP contribution in [0.5, 0.6) is 0 Å². The van der Waals surface area contributed by atoms with E-state index >= 15 is 0 Å². The highest BCUT2D eigenvalue weighted by atomic mass is 32.2. The van der Waals surface area contributed by atoms with Crippen LogP contribution in [0.15, 0.2) is 69.1 Å². The maximum absolute atomic E-state index is 12.3. The van der Waals surface area contributed by atoms with Crippen LogP contribution in [-0.4, -0.2) is 22.6 Å². The normalized spacial score (nSPS) is 11.3. The van der Waals surface area contributed by atoms with E-state index in [-0.39, 0.29) is 11.6 Å². The molecule has 2 aromatic carbocycles. The Kier molecular flexibility index (Phi) is 9.51. The molecule has 2 aromatic heterocycles. The number of Topliss-reactive ketones (excluding diaryl/α,β-unsaturated/α-hetero) is 2. The van der Waals surface area contributed by atoms with Crippen molar-refractivity contribution >= 4 is 57.8 Å². The fourth-order valence-corrected chi connectivity index (χ4v) is 7.63. The fourth-order valence-electron chi connectivity index (χ4n) is 4.01. The molecule has 0 spiro atoms. The first-order valence-corrected chi connectivity index (χ1v) is 16.2. The largest absolute Gasteiger partial charge is 0.294 e. The smallest absolute Gasteiger partial charge is 0.172 e. The molecule has 0 aliphatic carbocycles. The zero-order chi connectivity index (χ0) is 26.5. The van der Waals surface area contributed by atoms with Crippen LogP contribution in [0.2, 0.25) is 0 Å². The molecule has 0 amide bonds. The summed E-state index contributed by atoms with van der Waals surface area (Å²) >= 11 is 6.80. The van der Waals surface area contributed by atoms with E-state index in [0.717, 1.165) is 44.2 Å². The first-order valence-electron chi connectivity index (χ1n) is 12.6. The van der Waals surface area contributed by atoms with Crippen molar-refractivity contribution in [2.75, 3.05) is 5.75 Å². The Balaban J connectivity index is 1.87. The Labute approximate surface area is 236 Å². The topological polar surface area (TPSA) is 34.1 Å². The van der Waals surface area contributed by atoms with Gasteiger partial charge in [0.15, 0.2) is 11.6 Å². The van der Waals surface area contributed by atoms with Crippen LogP contribution in [0.4, 0.5) is 0 Å². The first kappa shape index (κ1) is 27.9. The number of carbonyl (C=O) groups excluding carboxylic acids is 2. The van der Waals surface area contributed by atoms with Gasteiger partial charge in [0.25, 0.3) is 0 Å². The molecule has 0 atom stereocenters. The van der Waals surface area contributed by atoms with Crippen LogP contribution in [0, 0.1) is 0 Å². The number of carbonyl (C=O) groups is 2. The highest BCUT2D eigenvalue weighted by Gasteiger charge is 2.17. The summed E-state index contributed by atoms with van der Waals surface area (Å²) in [7, 11) is 0. The Morgan fingerprint density at radius 2 is 1.35 bits per heavy atom. The average molecular weight is 565 g/mol. The van der Waals surface area contributed by atoms with E-state index in [1.807, 2.05) is 42.6 Å². The third kappa shape index (κ3) is 6.66. The summed E-state index contributed by atoms with van der Waals surface area (Å²) < 4.78 is 0. The number of hydrogen-bond acceptors (Lipinski definition) is 6. The summed E-state index contributed by atoms with van der Waals surface area (Å²) in [5, 5.41) is 4.62. The molecule has 2 nitrogen and oxygen atoms in total. The van der Waals surface area contributed by atoms with Gasteiger partial charge in [-0.15, -0.1) is 46.2 Å². The van der Waals surface area contributed by atoms with Gasteiger partial charge in [0.05, 0.1) is 9.75 Å². The van der Waals surface area contributed by atoms with Crippen molar-refractivity contribution in [3.63, 3.8) is 0 Å². The molecule has 0 saturated carbocycles. The first-order chi connectivity index (χ1) is 17.8. The van der Waals surface area contributed by atoms with Crippen molar-refractivity contribution in [3.8, 4) is 33.4 Å².